The summed E-state index contributed by atoms with van der Waals surface area (Å²) in [6.45, 7) is 1.78. The van der Waals surface area contributed by atoms with E-state index in [2.05, 4.69) is 5.43 Å². The van der Waals surface area contributed by atoms with Gasteiger partial charge in [-0.3, -0.25) is 5.84 Å². The summed E-state index contributed by atoms with van der Waals surface area (Å²) < 4.78 is 32.5. The molecule has 0 spiro atoms. The maximum Gasteiger partial charge on any atom is 0.169 e. The summed E-state index contributed by atoms with van der Waals surface area (Å²) >= 11 is 0. The lowest BCUT2D eigenvalue weighted by Gasteiger charge is -2.16. The number of hydrogen-bond donors (Lipinski definition) is 2. The number of furan rings is 1. The molecular formula is C16H14F2N2O. The van der Waals surface area contributed by atoms with E-state index in [9.17, 15) is 8.78 Å². The molecule has 0 aliphatic carbocycles. The zero-order valence-corrected chi connectivity index (χ0v) is 11.4. The minimum absolute atomic E-state index is 0.188. The largest absolute Gasteiger partial charge is 0.456 e. The Kier molecular flexibility index (Phi) is 3.45. The highest BCUT2D eigenvalue weighted by Gasteiger charge is 2.20. The molecule has 0 aliphatic rings. The van der Waals surface area contributed by atoms with Crippen molar-refractivity contribution in [2.45, 2.75) is 13.0 Å². The van der Waals surface area contributed by atoms with Crippen molar-refractivity contribution in [2.24, 2.45) is 5.84 Å². The monoisotopic (exact) mass is 288 g/mol. The van der Waals surface area contributed by atoms with Gasteiger partial charge in [-0.05, 0) is 42.3 Å². The number of rotatable bonds is 3. The van der Waals surface area contributed by atoms with E-state index >= 15 is 0 Å². The van der Waals surface area contributed by atoms with E-state index in [1.165, 1.54) is 18.2 Å². The van der Waals surface area contributed by atoms with E-state index in [0.29, 0.717) is 11.1 Å². The molecule has 1 heterocycles. The molecular weight excluding hydrogens is 274 g/mol. The molecule has 0 radical (unpaired) electrons. The van der Waals surface area contributed by atoms with Crippen molar-refractivity contribution in [2.75, 3.05) is 0 Å². The van der Waals surface area contributed by atoms with E-state index in [-0.39, 0.29) is 11.4 Å². The lowest BCUT2D eigenvalue weighted by molar-refractivity contribution is 0.463. The summed E-state index contributed by atoms with van der Waals surface area (Å²) in [6.07, 6.45) is 0. The number of fused-ring (bicyclic) bond motifs is 1. The van der Waals surface area contributed by atoms with Crippen molar-refractivity contribution in [1.29, 1.82) is 0 Å². The van der Waals surface area contributed by atoms with Gasteiger partial charge in [0, 0.05) is 5.39 Å². The highest BCUT2D eigenvalue weighted by atomic mass is 19.1. The van der Waals surface area contributed by atoms with Crippen LogP contribution >= 0.6 is 0 Å². The predicted molar refractivity (Wildman–Crippen MR) is 76.5 cm³/mol. The number of benzene rings is 2. The Morgan fingerprint density at radius 3 is 2.62 bits per heavy atom. The Labute approximate surface area is 120 Å². The molecule has 3 nitrogen and oxygen atoms in total. The van der Waals surface area contributed by atoms with Gasteiger partial charge in [0.05, 0.1) is 0 Å². The molecule has 0 saturated heterocycles. The van der Waals surface area contributed by atoms with Crippen LogP contribution in [-0.2, 0) is 0 Å². The minimum Gasteiger partial charge on any atom is -0.456 e. The third kappa shape index (κ3) is 2.41. The first-order chi connectivity index (χ1) is 10.1. The first-order valence-electron chi connectivity index (χ1n) is 6.50. The average Bonchev–Trinajstić information content (AvgIpc) is 2.87. The number of para-hydroxylation sites is 1. The van der Waals surface area contributed by atoms with Crippen LogP contribution in [0.25, 0.3) is 11.0 Å². The van der Waals surface area contributed by atoms with E-state index in [0.717, 1.165) is 11.1 Å². The number of halogens is 2. The fourth-order valence-electron chi connectivity index (χ4n) is 2.48. The molecule has 0 bridgehead atoms. The third-order valence-electron chi connectivity index (χ3n) is 3.51. The SMILES string of the molecule is Cc1cc(F)ccc1C(NN)c1cc2cccc(F)c2o1. The summed E-state index contributed by atoms with van der Waals surface area (Å²) in [4.78, 5) is 0. The van der Waals surface area contributed by atoms with Gasteiger partial charge in [-0.1, -0.05) is 18.2 Å². The zero-order chi connectivity index (χ0) is 15.0. The second kappa shape index (κ2) is 5.27. The van der Waals surface area contributed by atoms with E-state index in [1.807, 2.05) is 0 Å². The summed E-state index contributed by atoms with van der Waals surface area (Å²) in [5, 5.41) is 0.657. The van der Waals surface area contributed by atoms with Gasteiger partial charge in [0.2, 0.25) is 0 Å². The molecule has 0 fully saturated rings. The van der Waals surface area contributed by atoms with Crippen molar-refractivity contribution in [3.8, 4) is 0 Å². The van der Waals surface area contributed by atoms with Crippen LogP contribution in [0.1, 0.15) is 22.9 Å². The van der Waals surface area contributed by atoms with Gasteiger partial charge in [0.1, 0.15) is 17.6 Å². The number of nitrogens with two attached hydrogens (primary N) is 1. The van der Waals surface area contributed by atoms with Crippen LogP contribution in [0.2, 0.25) is 0 Å². The summed E-state index contributed by atoms with van der Waals surface area (Å²) in [6, 6.07) is 10.4. The number of hydrogen-bond acceptors (Lipinski definition) is 3. The third-order valence-corrected chi connectivity index (χ3v) is 3.51. The molecule has 108 valence electrons. The molecule has 1 atom stereocenters. The van der Waals surface area contributed by atoms with Gasteiger partial charge in [0.25, 0.3) is 0 Å². The molecule has 3 N–H and O–H groups in total. The Morgan fingerprint density at radius 1 is 1.14 bits per heavy atom. The highest BCUT2D eigenvalue weighted by molar-refractivity contribution is 5.78. The van der Waals surface area contributed by atoms with Gasteiger partial charge in [-0.15, -0.1) is 0 Å². The average molecular weight is 288 g/mol. The first-order valence-corrected chi connectivity index (χ1v) is 6.50. The smallest absolute Gasteiger partial charge is 0.169 e. The lowest BCUT2D eigenvalue weighted by Crippen LogP contribution is -2.29. The van der Waals surface area contributed by atoms with E-state index in [4.69, 9.17) is 10.3 Å². The molecule has 3 aromatic rings. The van der Waals surface area contributed by atoms with Gasteiger partial charge in [-0.25, -0.2) is 14.2 Å². The van der Waals surface area contributed by atoms with Gasteiger partial charge >= 0.3 is 0 Å². The zero-order valence-electron chi connectivity index (χ0n) is 11.4. The molecule has 0 aliphatic heterocycles. The van der Waals surface area contributed by atoms with Gasteiger partial charge in [-0.2, -0.15) is 0 Å². The van der Waals surface area contributed by atoms with Crippen LogP contribution in [-0.4, -0.2) is 0 Å². The van der Waals surface area contributed by atoms with Gasteiger partial charge in [0.15, 0.2) is 11.4 Å². The molecule has 0 amide bonds. The second-order valence-corrected chi connectivity index (χ2v) is 4.91. The molecule has 21 heavy (non-hydrogen) atoms. The Balaban J connectivity index is 2.11. The Bertz CT molecular complexity index is 798. The van der Waals surface area contributed by atoms with Crippen molar-refractivity contribution in [3.05, 3.63) is 71.0 Å². The van der Waals surface area contributed by atoms with Crippen LogP contribution in [0, 0.1) is 18.6 Å². The second-order valence-electron chi connectivity index (χ2n) is 4.91. The number of nitrogens with one attached hydrogen (secondary N) is 1. The molecule has 0 saturated carbocycles. The van der Waals surface area contributed by atoms with Gasteiger partial charge < -0.3 is 4.42 Å². The van der Waals surface area contributed by atoms with Crippen molar-refractivity contribution in [3.63, 3.8) is 0 Å². The van der Waals surface area contributed by atoms with Crippen molar-refractivity contribution >= 4 is 11.0 Å². The molecule has 3 rings (SSSR count). The standard InChI is InChI=1S/C16H14F2N2O/c1-9-7-11(17)5-6-12(9)15(20-19)14-8-10-3-2-4-13(18)16(10)21-14/h2-8,15,20H,19H2,1H3. The van der Waals surface area contributed by atoms with E-state index < -0.39 is 11.9 Å². The van der Waals surface area contributed by atoms with Crippen LogP contribution in [0.3, 0.4) is 0 Å². The van der Waals surface area contributed by atoms with Crippen molar-refractivity contribution in [1.82, 2.24) is 5.43 Å². The highest BCUT2D eigenvalue weighted by Crippen LogP contribution is 2.30. The molecule has 1 unspecified atom stereocenters. The minimum atomic E-state index is -0.475. The molecule has 2 aromatic carbocycles. The Hall–Kier alpha value is -2.24. The lowest BCUT2D eigenvalue weighted by atomic mass is 9.99. The summed E-state index contributed by atoms with van der Waals surface area (Å²) in [5.74, 6) is 5.34. The topological polar surface area (TPSA) is 51.2 Å². The maximum atomic E-state index is 13.7. The predicted octanol–water partition coefficient (Wildman–Crippen LogP) is 3.57. The van der Waals surface area contributed by atoms with Crippen LogP contribution in [0.4, 0.5) is 8.78 Å². The van der Waals surface area contributed by atoms with Crippen LogP contribution in [0.15, 0.2) is 46.9 Å². The van der Waals surface area contributed by atoms with E-state index in [1.54, 1.807) is 31.2 Å². The first kappa shape index (κ1) is 13.7. The van der Waals surface area contributed by atoms with Crippen molar-refractivity contribution < 1.29 is 13.2 Å². The fraction of sp³-hybridized carbons (Fsp3) is 0.125. The summed E-state index contributed by atoms with van der Waals surface area (Å²) in [7, 11) is 0. The fourth-order valence-corrected chi connectivity index (χ4v) is 2.48. The van der Waals surface area contributed by atoms with Crippen LogP contribution in [0.5, 0.6) is 0 Å². The number of hydrazine groups is 1. The normalized spacial score (nSPS) is 12.8. The Morgan fingerprint density at radius 2 is 1.95 bits per heavy atom. The van der Waals surface area contributed by atoms with Crippen LogP contribution < -0.4 is 11.3 Å². The number of aryl methyl sites for hydroxylation is 1. The molecule has 5 heteroatoms. The quantitative estimate of drug-likeness (QED) is 0.572. The summed E-state index contributed by atoms with van der Waals surface area (Å²) in [5.41, 5.74) is 4.34. The molecule has 1 aromatic heterocycles. The maximum absolute atomic E-state index is 13.7.